The van der Waals surface area contributed by atoms with Crippen LogP contribution in [0, 0.1) is 12.7 Å². The minimum Gasteiger partial charge on any atom is -0.391 e. The third-order valence-electron chi connectivity index (χ3n) is 3.38. The average Bonchev–Trinajstić information content (AvgIpc) is 2.38. The molecule has 0 aliphatic carbocycles. The first-order chi connectivity index (χ1) is 9.40. The predicted octanol–water partition coefficient (Wildman–Crippen LogP) is 0.342. The molecule has 0 spiro atoms. The quantitative estimate of drug-likeness (QED) is 0.839. The molecule has 2 N–H and O–H groups in total. The maximum Gasteiger partial charge on any atom is 0.245 e. The second kappa shape index (κ2) is 5.58. The Morgan fingerprint density at radius 2 is 2.20 bits per heavy atom. The SMILES string of the molecule is Cc1ccc(CN2C(=O)CNC(=O)[C@H]2[C@@H](C)O)cc1F. The Morgan fingerprint density at radius 1 is 1.50 bits per heavy atom. The molecule has 1 heterocycles. The molecule has 2 atom stereocenters. The minimum absolute atomic E-state index is 0.0962. The first-order valence-electron chi connectivity index (χ1n) is 6.40. The number of rotatable bonds is 3. The van der Waals surface area contributed by atoms with Crippen LogP contribution in [0.4, 0.5) is 4.39 Å². The second-order valence-corrected chi connectivity index (χ2v) is 5.01. The van der Waals surface area contributed by atoms with Crippen LogP contribution in [0.25, 0.3) is 0 Å². The third kappa shape index (κ3) is 2.80. The van der Waals surface area contributed by atoms with E-state index in [4.69, 9.17) is 0 Å². The smallest absolute Gasteiger partial charge is 0.245 e. The van der Waals surface area contributed by atoms with Crippen LogP contribution in [0.15, 0.2) is 18.2 Å². The fraction of sp³-hybridized carbons (Fsp3) is 0.429. The molecule has 0 aromatic heterocycles. The number of benzene rings is 1. The van der Waals surface area contributed by atoms with Crippen molar-refractivity contribution in [2.24, 2.45) is 0 Å². The van der Waals surface area contributed by atoms with Crippen molar-refractivity contribution in [3.8, 4) is 0 Å². The third-order valence-corrected chi connectivity index (χ3v) is 3.38. The number of aliphatic hydroxyl groups is 1. The van der Waals surface area contributed by atoms with Gasteiger partial charge in [-0.1, -0.05) is 12.1 Å². The molecule has 1 fully saturated rings. The lowest BCUT2D eigenvalue weighted by Gasteiger charge is -2.36. The Labute approximate surface area is 116 Å². The number of hydrogen-bond acceptors (Lipinski definition) is 3. The summed E-state index contributed by atoms with van der Waals surface area (Å²) >= 11 is 0. The van der Waals surface area contributed by atoms with E-state index in [9.17, 15) is 19.1 Å². The van der Waals surface area contributed by atoms with Crippen molar-refractivity contribution in [3.63, 3.8) is 0 Å². The number of nitrogens with one attached hydrogen (secondary N) is 1. The summed E-state index contributed by atoms with van der Waals surface area (Å²) in [4.78, 5) is 25.0. The number of piperazine rings is 1. The van der Waals surface area contributed by atoms with Crippen molar-refractivity contribution in [1.29, 1.82) is 0 Å². The summed E-state index contributed by atoms with van der Waals surface area (Å²) in [6, 6.07) is 3.72. The van der Waals surface area contributed by atoms with Crippen molar-refractivity contribution < 1.29 is 19.1 Å². The van der Waals surface area contributed by atoms with E-state index >= 15 is 0 Å². The topological polar surface area (TPSA) is 69.6 Å². The molecule has 0 radical (unpaired) electrons. The molecule has 6 heteroatoms. The van der Waals surface area contributed by atoms with Crippen molar-refractivity contribution in [1.82, 2.24) is 10.2 Å². The number of aryl methyl sites for hydroxylation is 1. The fourth-order valence-electron chi connectivity index (χ4n) is 2.26. The van der Waals surface area contributed by atoms with Crippen LogP contribution in [0.5, 0.6) is 0 Å². The van der Waals surface area contributed by atoms with Gasteiger partial charge in [0.25, 0.3) is 0 Å². The Hall–Kier alpha value is -1.95. The van der Waals surface area contributed by atoms with Crippen molar-refractivity contribution >= 4 is 11.8 Å². The molecule has 20 heavy (non-hydrogen) atoms. The van der Waals surface area contributed by atoms with Crippen molar-refractivity contribution in [3.05, 3.63) is 35.1 Å². The molecular formula is C14H17FN2O3. The van der Waals surface area contributed by atoms with Crippen LogP contribution in [-0.4, -0.2) is 40.5 Å². The number of aliphatic hydroxyl groups excluding tert-OH is 1. The number of carbonyl (C=O) groups is 2. The molecule has 2 amide bonds. The van der Waals surface area contributed by atoms with E-state index in [0.717, 1.165) is 0 Å². The molecule has 2 rings (SSSR count). The highest BCUT2D eigenvalue weighted by molar-refractivity contribution is 5.95. The van der Waals surface area contributed by atoms with Crippen LogP contribution in [-0.2, 0) is 16.1 Å². The zero-order valence-electron chi connectivity index (χ0n) is 11.4. The largest absolute Gasteiger partial charge is 0.391 e. The summed E-state index contributed by atoms with van der Waals surface area (Å²) in [6.45, 7) is 3.10. The first kappa shape index (κ1) is 14.5. The van der Waals surface area contributed by atoms with E-state index < -0.39 is 18.1 Å². The van der Waals surface area contributed by atoms with Crippen molar-refractivity contribution in [2.75, 3.05) is 6.54 Å². The molecule has 1 aromatic rings. The highest BCUT2D eigenvalue weighted by Crippen LogP contribution is 2.17. The number of nitrogens with zero attached hydrogens (tertiary/aromatic N) is 1. The van der Waals surface area contributed by atoms with Crippen LogP contribution >= 0.6 is 0 Å². The molecule has 1 saturated heterocycles. The number of halogens is 1. The van der Waals surface area contributed by atoms with Crippen LogP contribution < -0.4 is 5.32 Å². The summed E-state index contributed by atoms with van der Waals surface area (Å²) in [7, 11) is 0. The van der Waals surface area contributed by atoms with Crippen LogP contribution in [0.2, 0.25) is 0 Å². The minimum atomic E-state index is -0.991. The molecule has 0 bridgehead atoms. The van der Waals surface area contributed by atoms with Gasteiger partial charge in [-0.05, 0) is 31.0 Å². The lowest BCUT2D eigenvalue weighted by molar-refractivity contribution is -0.150. The van der Waals surface area contributed by atoms with E-state index in [0.29, 0.717) is 11.1 Å². The van der Waals surface area contributed by atoms with Gasteiger partial charge in [0.15, 0.2) is 0 Å². The summed E-state index contributed by atoms with van der Waals surface area (Å²) in [5.41, 5.74) is 1.10. The molecule has 1 aromatic carbocycles. The van der Waals surface area contributed by atoms with Crippen molar-refractivity contribution in [2.45, 2.75) is 32.5 Å². The van der Waals surface area contributed by atoms with E-state index in [1.807, 2.05) is 0 Å². The fourth-order valence-corrected chi connectivity index (χ4v) is 2.26. The molecular weight excluding hydrogens is 263 g/mol. The van der Waals surface area contributed by atoms with Gasteiger partial charge in [0.05, 0.1) is 12.6 Å². The molecule has 5 nitrogen and oxygen atoms in total. The number of amides is 2. The van der Waals surface area contributed by atoms with Gasteiger partial charge >= 0.3 is 0 Å². The normalized spacial score (nSPS) is 20.8. The monoisotopic (exact) mass is 280 g/mol. The Balaban J connectivity index is 2.25. The predicted molar refractivity (Wildman–Crippen MR) is 70.2 cm³/mol. The van der Waals surface area contributed by atoms with E-state index in [2.05, 4.69) is 5.32 Å². The zero-order valence-corrected chi connectivity index (χ0v) is 11.4. The average molecular weight is 280 g/mol. The van der Waals surface area contributed by atoms with Gasteiger partial charge in [-0.3, -0.25) is 9.59 Å². The Kier molecular flexibility index (Phi) is 4.04. The zero-order chi connectivity index (χ0) is 14.9. The summed E-state index contributed by atoms with van der Waals surface area (Å²) in [6.07, 6.45) is -0.991. The molecule has 1 aliphatic rings. The van der Waals surface area contributed by atoms with Gasteiger partial charge in [0, 0.05) is 6.54 Å². The standard InChI is InChI=1S/C14H17FN2O3/c1-8-3-4-10(5-11(8)15)7-17-12(19)6-16-14(20)13(17)9(2)18/h3-5,9,13,18H,6-7H2,1-2H3,(H,16,20)/t9-,13-/m1/s1. The Bertz CT molecular complexity index is 545. The first-order valence-corrected chi connectivity index (χ1v) is 6.40. The summed E-state index contributed by atoms with van der Waals surface area (Å²) < 4.78 is 13.5. The molecule has 0 unspecified atom stereocenters. The van der Waals surface area contributed by atoms with Gasteiger partial charge in [-0.15, -0.1) is 0 Å². The van der Waals surface area contributed by atoms with Gasteiger partial charge < -0.3 is 15.3 Å². The lowest BCUT2D eigenvalue weighted by atomic mass is 10.0. The maximum absolute atomic E-state index is 13.5. The lowest BCUT2D eigenvalue weighted by Crippen LogP contribution is -2.61. The van der Waals surface area contributed by atoms with E-state index in [1.165, 1.54) is 17.9 Å². The van der Waals surface area contributed by atoms with Crippen LogP contribution in [0.1, 0.15) is 18.1 Å². The van der Waals surface area contributed by atoms with E-state index in [1.54, 1.807) is 19.1 Å². The Morgan fingerprint density at radius 3 is 2.80 bits per heavy atom. The number of carbonyl (C=O) groups excluding carboxylic acids is 2. The number of hydrogen-bond donors (Lipinski definition) is 2. The van der Waals surface area contributed by atoms with E-state index in [-0.39, 0.29) is 24.8 Å². The highest BCUT2D eigenvalue weighted by Gasteiger charge is 2.37. The highest BCUT2D eigenvalue weighted by atomic mass is 19.1. The molecule has 108 valence electrons. The van der Waals surface area contributed by atoms with Gasteiger partial charge in [0.2, 0.25) is 11.8 Å². The van der Waals surface area contributed by atoms with Crippen LogP contribution in [0.3, 0.4) is 0 Å². The molecule has 1 aliphatic heterocycles. The molecule has 0 saturated carbocycles. The van der Waals surface area contributed by atoms with Gasteiger partial charge in [-0.2, -0.15) is 0 Å². The summed E-state index contributed by atoms with van der Waals surface area (Å²) in [5, 5.41) is 12.1. The summed E-state index contributed by atoms with van der Waals surface area (Å²) in [5.74, 6) is -1.05. The van der Waals surface area contributed by atoms with Gasteiger partial charge in [0.1, 0.15) is 11.9 Å². The second-order valence-electron chi connectivity index (χ2n) is 5.01. The maximum atomic E-state index is 13.5. The van der Waals surface area contributed by atoms with Gasteiger partial charge in [-0.25, -0.2) is 4.39 Å².